The van der Waals surface area contributed by atoms with Gasteiger partial charge in [0.2, 0.25) is 0 Å². The largest absolute Gasteiger partial charge is 0.464 e. The Hall–Kier alpha value is -1.52. The minimum Gasteiger partial charge on any atom is -0.464 e. The lowest BCUT2D eigenvalue weighted by Gasteiger charge is -2.19. The van der Waals surface area contributed by atoms with Crippen molar-refractivity contribution in [2.75, 3.05) is 19.8 Å². The summed E-state index contributed by atoms with van der Waals surface area (Å²) in [6.07, 6.45) is 2.49. The van der Waals surface area contributed by atoms with Gasteiger partial charge >= 0.3 is 5.97 Å². The molecule has 4 nitrogen and oxygen atoms in total. The number of halogens is 1. The van der Waals surface area contributed by atoms with E-state index in [0.29, 0.717) is 31.3 Å². The van der Waals surface area contributed by atoms with Gasteiger partial charge in [0.15, 0.2) is 0 Å². The Morgan fingerprint density at radius 3 is 2.80 bits per heavy atom. The van der Waals surface area contributed by atoms with Crippen molar-refractivity contribution in [1.82, 2.24) is 5.32 Å². The topological polar surface area (TPSA) is 47.6 Å². The van der Waals surface area contributed by atoms with Crippen LogP contribution in [-0.2, 0) is 20.7 Å². The fourth-order valence-corrected chi connectivity index (χ4v) is 2.13. The van der Waals surface area contributed by atoms with Crippen LogP contribution in [0.4, 0.5) is 0 Å². The first-order valence-electron chi connectivity index (χ1n) is 6.63. The average molecular weight is 296 g/mol. The molecule has 0 saturated heterocycles. The fraction of sp³-hybridized carbons (Fsp3) is 0.400. The van der Waals surface area contributed by atoms with Gasteiger partial charge in [-0.2, -0.15) is 0 Å². The number of esters is 1. The summed E-state index contributed by atoms with van der Waals surface area (Å²) in [5.74, 6) is -0.254. The second-order valence-corrected chi connectivity index (χ2v) is 4.96. The van der Waals surface area contributed by atoms with Gasteiger partial charge in [0.25, 0.3) is 0 Å². The summed E-state index contributed by atoms with van der Waals surface area (Å²) in [6.45, 7) is 3.26. The first-order chi connectivity index (χ1) is 9.69. The van der Waals surface area contributed by atoms with Crippen LogP contribution in [0.3, 0.4) is 0 Å². The summed E-state index contributed by atoms with van der Waals surface area (Å²) < 4.78 is 10.4. The molecule has 1 atom stereocenters. The molecule has 1 aromatic carbocycles. The molecule has 0 fully saturated rings. The maximum absolute atomic E-state index is 12.0. The van der Waals surface area contributed by atoms with Crippen molar-refractivity contribution in [2.45, 2.75) is 19.4 Å². The van der Waals surface area contributed by atoms with Gasteiger partial charge in [-0.3, -0.25) is 0 Å². The van der Waals surface area contributed by atoms with Gasteiger partial charge < -0.3 is 14.8 Å². The number of hydrogen-bond acceptors (Lipinski definition) is 4. The fourth-order valence-electron chi connectivity index (χ4n) is 2.00. The number of rotatable bonds is 6. The zero-order valence-electron chi connectivity index (χ0n) is 11.4. The van der Waals surface area contributed by atoms with E-state index in [9.17, 15) is 4.79 Å². The van der Waals surface area contributed by atoms with Gasteiger partial charge in [-0.05, 0) is 30.7 Å². The Kier molecular flexibility index (Phi) is 5.44. The Morgan fingerprint density at radius 2 is 2.20 bits per heavy atom. The first kappa shape index (κ1) is 14.9. The Morgan fingerprint density at radius 1 is 1.45 bits per heavy atom. The molecule has 108 valence electrons. The minimum atomic E-state index is -0.413. The Balaban J connectivity index is 2.04. The molecule has 20 heavy (non-hydrogen) atoms. The van der Waals surface area contributed by atoms with E-state index in [1.807, 2.05) is 30.3 Å². The highest BCUT2D eigenvalue weighted by molar-refractivity contribution is 6.30. The summed E-state index contributed by atoms with van der Waals surface area (Å²) in [4.78, 5) is 12.0. The van der Waals surface area contributed by atoms with Crippen LogP contribution in [0.5, 0.6) is 0 Å². The summed E-state index contributed by atoms with van der Waals surface area (Å²) in [6, 6.07) is 7.05. The Bertz CT molecular complexity index is 484. The van der Waals surface area contributed by atoms with Crippen molar-refractivity contribution in [2.24, 2.45) is 0 Å². The molecule has 2 rings (SSSR count). The highest BCUT2D eigenvalue weighted by Crippen LogP contribution is 2.13. The quantitative estimate of drug-likeness (QED) is 0.818. The molecule has 0 radical (unpaired) electrons. The van der Waals surface area contributed by atoms with Gasteiger partial charge in [0, 0.05) is 17.1 Å². The van der Waals surface area contributed by atoms with Crippen LogP contribution in [0.25, 0.3) is 0 Å². The molecule has 1 aliphatic heterocycles. The standard InChI is InChI=1S/C15H18ClNO3/c1-2-20-15(18)14(17-13-7-8-19-10-13)9-11-3-5-12(16)6-4-11/h3-7,14,17H,2,8-10H2,1H3. The first-order valence-corrected chi connectivity index (χ1v) is 7.01. The molecule has 5 heteroatoms. The number of nitrogens with one attached hydrogen (secondary N) is 1. The van der Waals surface area contributed by atoms with E-state index in [1.165, 1.54) is 0 Å². The molecule has 0 spiro atoms. The maximum Gasteiger partial charge on any atom is 0.328 e. The van der Waals surface area contributed by atoms with E-state index in [4.69, 9.17) is 21.1 Å². The number of carbonyl (C=O) groups excluding carboxylic acids is 1. The van der Waals surface area contributed by atoms with Crippen LogP contribution in [-0.4, -0.2) is 31.8 Å². The predicted molar refractivity (Wildman–Crippen MR) is 77.6 cm³/mol. The predicted octanol–water partition coefficient (Wildman–Crippen LogP) is 2.32. The lowest BCUT2D eigenvalue weighted by Crippen LogP contribution is -2.39. The summed E-state index contributed by atoms with van der Waals surface area (Å²) in [7, 11) is 0. The van der Waals surface area contributed by atoms with Crippen molar-refractivity contribution in [3.8, 4) is 0 Å². The van der Waals surface area contributed by atoms with Crippen LogP contribution in [0, 0.1) is 0 Å². The average Bonchev–Trinajstić information content (AvgIpc) is 2.94. The van der Waals surface area contributed by atoms with Crippen molar-refractivity contribution < 1.29 is 14.3 Å². The molecular weight excluding hydrogens is 278 g/mol. The van der Waals surface area contributed by atoms with E-state index in [2.05, 4.69) is 5.32 Å². The molecule has 1 N–H and O–H groups in total. The molecule has 0 bridgehead atoms. The Labute approximate surface area is 123 Å². The van der Waals surface area contributed by atoms with Crippen LogP contribution in [0.2, 0.25) is 5.02 Å². The van der Waals surface area contributed by atoms with E-state index < -0.39 is 6.04 Å². The number of ether oxygens (including phenoxy) is 2. The highest BCUT2D eigenvalue weighted by Gasteiger charge is 2.22. The number of carbonyl (C=O) groups is 1. The monoisotopic (exact) mass is 295 g/mol. The van der Waals surface area contributed by atoms with Gasteiger partial charge in [-0.1, -0.05) is 23.7 Å². The maximum atomic E-state index is 12.0. The number of benzene rings is 1. The van der Waals surface area contributed by atoms with Crippen LogP contribution in [0.1, 0.15) is 12.5 Å². The summed E-state index contributed by atoms with van der Waals surface area (Å²) in [5.41, 5.74) is 1.96. The van der Waals surface area contributed by atoms with E-state index >= 15 is 0 Å². The smallest absolute Gasteiger partial charge is 0.328 e. The molecule has 0 aromatic heterocycles. The van der Waals surface area contributed by atoms with Crippen molar-refractivity contribution >= 4 is 17.6 Å². The third-order valence-electron chi connectivity index (χ3n) is 2.99. The van der Waals surface area contributed by atoms with Gasteiger partial charge in [-0.25, -0.2) is 4.79 Å². The van der Waals surface area contributed by atoms with Gasteiger partial charge in [0.05, 0.1) is 19.8 Å². The molecule has 1 heterocycles. The second-order valence-electron chi connectivity index (χ2n) is 4.52. The minimum absolute atomic E-state index is 0.254. The van der Waals surface area contributed by atoms with E-state index in [0.717, 1.165) is 11.3 Å². The zero-order valence-corrected chi connectivity index (χ0v) is 12.2. The van der Waals surface area contributed by atoms with Crippen LogP contribution >= 0.6 is 11.6 Å². The zero-order chi connectivity index (χ0) is 14.4. The van der Waals surface area contributed by atoms with Crippen molar-refractivity contribution in [1.29, 1.82) is 0 Å². The molecule has 0 amide bonds. The van der Waals surface area contributed by atoms with E-state index in [-0.39, 0.29) is 5.97 Å². The van der Waals surface area contributed by atoms with Crippen LogP contribution < -0.4 is 5.32 Å². The third-order valence-corrected chi connectivity index (χ3v) is 3.24. The van der Waals surface area contributed by atoms with Gasteiger partial charge in [0.1, 0.15) is 6.04 Å². The normalized spacial score (nSPS) is 15.6. The van der Waals surface area contributed by atoms with Crippen molar-refractivity contribution in [3.63, 3.8) is 0 Å². The lowest BCUT2D eigenvalue weighted by molar-refractivity contribution is -0.145. The van der Waals surface area contributed by atoms with E-state index in [1.54, 1.807) is 6.92 Å². The number of hydrogen-bond donors (Lipinski definition) is 1. The SMILES string of the molecule is CCOC(=O)C(Cc1ccc(Cl)cc1)NC1=CCOC1. The summed E-state index contributed by atoms with van der Waals surface area (Å²) in [5, 5.41) is 3.87. The molecule has 0 saturated carbocycles. The molecule has 1 unspecified atom stereocenters. The molecule has 1 aromatic rings. The highest BCUT2D eigenvalue weighted by atomic mass is 35.5. The molecule has 1 aliphatic rings. The third kappa shape index (κ3) is 4.25. The lowest BCUT2D eigenvalue weighted by atomic mass is 10.1. The van der Waals surface area contributed by atoms with Gasteiger partial charge in [-0.15, -0.1) is 0 Å². The molecule has 0 aliphatic carbocycles. The second kappa shape index (κ2) is 7.31. The molecular formula is C15H18ClNO3. The van der Waals surface area contributed by atoms with Crippen molar-refractivity contribution in [3.05, 3.63) is 46.6 Å². The summed E-state index contributed by atoms with van der Waals surface area (Å²) >= 11 is 5.87. The van der Waals surface area contributed by atoms with Crippen LogP contribution in [0.15, 0.2) is 36.0 Å².